The van der Waals surface area contributed by atoms with Crippen LogP contribution < -0.4 is 21.1 Å². The fourth-order valence-electron chi connectivity index (χ4n) is 3.92. The summed E-state index contributed by atoms with van der Waals surface area (Å²) in [5.74, 6) is -0.0489. The van der Waals surface area contributed by atoms with Crippen molar-refractivity contribution in [2.24, 2.45) is 0 Å². The van der Waals surface area contributed by atoms with Gasteiger partial charge in [0.1, 0.15) is 12.5 Å². The maximum atomic E-state index is 12.6. The lowest BCUT2D eigenvalue weighted by Crippen LogP contribution is -2.74. The van der Waals surface area contributed by atoms with Crippen LogP contribution in [0.25, 0.3) is 0 Å². The van der Waals surface area contributed by atoms with E-state index in [9.17, 15) is 4.79 Å². The molecule has 3 heterocycles. The first-order valence-corrected chi connectivity index (χ1v) is 9.49. The number of nitrogens with one attached hydrogen (secondary N) is 3. The van der Waals surface area contributed by atoms with Gasteiger partial charge in [-0.15, -0.1) is 0 Å². The highest BCUT2D eigenvalue weighted by Crippen LogP contribution is 2.32. The summed E-state index contributed by atoms with van der Waals surface area (Å²) in [7, 11) is 1.73. The summed E-state index contributed by atoms with van der Waals surface area (Å²) in [5, 5.41) is 8.45. The average molecular weight is 422 g/mol. The predicted molar refractivity (Wildman–Crippen MR) is 103 cm³/mol. The summed E-state index contributed by atoms with van der Waals surface area (Å²) in [6, 6.07) is 4.15. The number of benzene rings is 1. The fraction of sp³-hybridized carbons (Fsp3) is 0.500. The number of carbonyl (C=O) groups excluding carboxylic acids is 1. The van der Waals surface area contributed by atoms with Crippen LogP contribution in [-0.2, 0) is 9.53 Å². The highest BCUT2D eigenvalue weighted by atomic mass is 79.9. The third kappa shape index (κ3) is 2.95. The molecule has 3 N–H and O–H groups in total. The zero-order valence-corrected chi connectivity index (χ0v) is 17.0. The number of amides is 1. The third-order valence-electron chi connectivity index (χ3n) is 5.33. The van der Waals surface area contributed by atoms with E-state index in [0.29, 0.717) is 5.57 Å². The molecular formula is C18H24BrN5O2. The van der Waals surface area contributed by atoms with E-state index in [1.807, 2.05) is 11.2 Å². The minimum atomic E-state index is -0.217. The number of hydrazine groups is 1. The van der Waals surface area contributed by atoms with Gasteiger partial charge < -0.3 is 10.1 Å². The van der Waals surface area contributed by atoms with Gasteiger partial charge in [-0.05, 0) is 44.0 Å². The molecule has 0 radical (unpaired) electrons. The zero-order valence-electron chi connectivity index (χ0n) is 15.4. The molecule has 1 aromatic rings. The molecule has 2 saturated heterocycles. The van der Waals surface area contributed by atoms with Crippen LogP contribution in [0.15, 0.2) is 28.4 Å². The van der Waals surface area contributed by atoms with Gasteiger partial charge in [0, 0.05) is 30.9 Å². The number of halogens is 1. The average Bonchev–Trinajstić information content (AvgIpc) is 2.95. The second kappa shape index (κ2) is 6.31. The van der Waals surface area contributed by atoms with Gasteiger partial charge in [-0.1, -0.05) is 15.9 Å². The molecule has 8 heteroatoms. The van der Waals surface area contributed by atoms with Crippen LogP contribution in [0.1, 0.15) is 18.1 Å². The van der Waals surface area contributed by atoms with E-state index in [1.54, 1.807) is 7.11 Å². The van der Waals surface area contributed by atoms with Gasteiger partial charge in [-0.3, -0.25) is 20.0 Å². The van der Waals surface area contributed by atoms with E-state index in [2.05, 4.69) is 69.8 Å². The highest BCUT2D eigenvalue weighted by molar-refractivity contribution is 9.10. The molecule has 0 aromatic heterocycles. The van der Waals surface area contributed by atoms with Gasteiger partial charge in [0.25, 0.3) is 5.91 Å². The van der Waals surface area contributed by atoms with Crippen LogP contribution in [0.2, 0.25) is 0 Å². The molecule has 0 bridgehead atoms. The summed E-state index contributed by atoms with van der Waals surface area (Å²) in [5.41, 5.74) is 7.30. The lowest BCUT2D eigenvalue weighted by Gasteiger charge is -2.51. The number of carbonyl (C=O) groups is 1. The predicted octanol–water partition coefficient (Wildman–Crippen LogP) is 1.32. The van der Waals surface area contributed by atoms with Crippen molar-refractivity contribution in [2.75, 3.05) is 25.2 Å². The molecule has 140 valence electrons. The molecular weight excluding hydrogens is 398 g/mol. The number of aryl methyl sites for hydroxylation is 2. The van der Waals surface area contributed by atoms with E-state index in [4.69, 9.17) is 4.74 Å². The zero-order chi connectivity index (χ0) is 18.6. The maximum Gasteiger partial charge on any atom is 0.254 e. The minimum absolute atomic E-state index is 0.0489. The molecule has 3 aliphatic heterocycles. The summed E-state index contributed by atoms with van der Waals surface area (Å²) in [4.78, 5) is 14.8. The number of hydrogen-bond donors (Lipinski definition) is 3. The molecule has 2 fully saturated rings. The Morgan fingerprint density at radius 1 is 1.27 bits per heavy atom. The Morgan fingerprint density at radius 3 is 2.54 bits per heavy atom. The molecule has 3 aliphatic rings. The quantitative estimate of drug-likeness (QED) is 0.683. The number of rotatable bonds is 3. The van der Waals surface area contributed by atoms with Crippen molar-refractivity contribution in [1.29, 1.82) is 0 Å². The van der Waals surface area contributed by atoms with Crippen molar-refractivity contribution in [3.05, 3.63) is 39.5 Å². The van der Waals surface area contributed by atoms with E-state index in [0.717, 1.165) is 34.4 Å². The normalized spacial score (nSPS) is 27.7. The maximum absolute atomic E-state index is 12.6. The van der Waals surface area contributed by atoms with Gasteiger partial charge in [-0.25, -0.2) is 5.43 Å². The van der Waals surface area contributed by atoms with Crippen molar-refractivity contribution in [3.8, 4) is 0 Å². The van der Waals surface area contributed by atoms with Gasteiger partial charge in [-0.2, -0.15) is 0 Å². The van der Waals surface area contributed by atoms with E-state index < -0.39 is 0 Å². The van der Waals surface area contributed by atoms with Crippen LogP contribution in [0.5, 0.6) is 0 Å². The number of fused-ring (bicyclic) bond motifs is 1. The Hall–Kier alpha value is -1.45. The van der Waals surface area contributed by atoms with Crippen LogP contribution >= 0.6 is 15.9 Å². The number of hydrogen-bond acceptors (Lipinski definition) is 6. The smallest absolute Gasteiger partial charge is 0.254 e. The fourth-order valence-corrected chi connectivity index (χ4v) is 4.60. The van der Waals surface area contributed by atoms with Gasteiger partial charge in [0.2, 0.25) is 0 Å². The van der Waals surface area contributed by atoms with Crippen molar-refractivity contribution in [1.82, 2.24) is 21.0 Å². The Kier molecular flexibility index (Phi) is 4.36. The van der Waals surface area contributed by atoms with Crippen molar-refractivity contribution >= 4 is 27.5 Å². The van der Waals surface area contributed by atoms with Crippen LogP contribution in [-0.4, -0.2) is 49.1 Å². The number of ether oxygens (including phenoxy) is 1. The van der Waals surface area contributed by atoms with Crippen LogP contribution in [0.3, 0.4) is 0 Å². The second-order valence-corrected chi connectivity index (χ2v) is 8.42. The lowest BCUT2D eigenvalue weighted by molar-refractivity contribution is -0.147. The topological polar surface area (TPSA) is 68.9 Å². The Morgan fingerprint density at radius 2 is 1.92 bits per heavy atom. The van der Waals surface area contributed by atoms with Gasteiger partial charge >= 0.3 is 0 Å². The number of anilines is 1. The van der Waals surface area contributed by atoms with E-state index >= 15 is 0 Å². The summed E-state index contributed by atoms with van der Waals surface area (Å²) in [6.45, 7) is 7.77. The lowest BCUT2D eigenvalue weighted by atomic mass is 9.96. The van der Waals surface area contributed by atoms with Crippen LogP contribution in [0, 0.1) is 13.8 Å². The Balaban J connectivity index is 1.51. The molecule has 0 aliphatic carbocycles. The Bertz CT molecular complexity index is 767. The molecule has 2 unspecified atom stereocenters. The van der Waals surface area contributed by atoms with Crippen molar-refractivity contribution in [2.45, 2.75) is 38.8 Å². The molecule has 0 spiro atoms. The molecule has 1 aromatic carbocycles. The first kappa shape index (κ1) is 17.9. The SMILES string of the molecule is COC1(C)CN(C2NC(=O)C3=CN(c4c(C)cc(Br)cc4C)NC3N2)C1. The van der Waals surface area contributed by atoms with Crippen molar-refractivity contribution in [3.63, 3.8) is 0 Å². The molecule has 4 rings (SSSR count). The van der Waals surface area contributed by atoms with E-state index in [1.165, 1.54) is 0 Å². The second-order valence-electron chi connectivity index (χ2n) is 7.51. The van der Waals surface area contributed by atoms with Crippen molar-refractivity contribution < 1.29 is 9.53 Å². The molecule has 26 heavy (non-hydrogen) atoms. The number of methoxy groups -OCH3 is 1. The number of nitrogens with zero attached hydrogens (tertiary/aromatic N) is 2. The van der Waals surface area contributed by atoms with E-state index in [-0.39, 0.29) is 24.0 Å². The first-order valence-electron chi connectivity index (χ1n) is 8.70. The minimum Gasteiger partial charge on any atom is -0.376 e. The largest absolute Gasteiger partial charge is 0.376 e. The molecule has 0 saturated carbocycles. The Labute approximate surface area is 161 Å². The van der Waals surface area contributed by atoms with Crippen LogP contribution in [0.4, 0.5) is 5.69 Å². The molecule has 1 amide bonds. The summed E-state index contributed by atoms with van der Waals surface area (Å²) >= 11 is 3.53. The highest BCUT2D eigenvalue weighted by Gasteiger charge is 2.46. The standard InChI is InChI=1S/C18H24BrN5O2/c1-10-5-12(19)6-11(2)14(10)24-7-13-15(22-24)20-17(21-16(13)25)23-8-18(3,9-23)26-4/h5-7,15,17,20,22H,8-9H2,1-4H3,(H,21,25). The summed E-state index contributed by atoms with van der Waals surface area (Å²) < 4.78 is 6.55. The van der Waals surface area contributed by atoms with Gasteiger partial charge in [0.15, 0.2) is 0 Å². The third-order valence-corrected chi connectivity index (χ3v) is 5.79. The monoisotopic (exact) mass is 421 g/mol. The van der Waals surface area contributed by atoms with Gasteiger partial charge in [0.05, 0.1) is 16.9 Å². The number of likely N-dealkylation sites (tertiary alicyclic amines) is 1. The molecule has 2 atom stereocenters. The summed E-state index contributed by atoms with van der Waals surface area (Å²) in [6.07, 6.45) is 1.46. The first-order chi connectivity index (χ1) is 12.3. The molecule has 7 nitrogen and oxygen atoms in total.